The normalized spacial score (nSPS) is 14.8. The zero-order valence-corrected chi connectivity index (χ0v) is 11.8. The maximum atomic E-state index is 9.25. The molecule has 4 heteroatoms. The fourth-order valence-corrected chi connectivity index (χ4v) is 2.58. The van der Waals surface area contributed by atoms with E-state index in [2.05, 4.69) is 12.2 Å². The molecule has 0 saturated heterocycles. The summed E-state index contributed by atoms with van der Waals surface area (Å²) in [7, 11) is 1.90. The average molecular weight is 257 g/mol. The fraction of sp³-hybridized carbons (Fsp3) is 0.692. The summed E-state index contributed by atoms with van der Waals surface area (Å²) in [4.78, 5) is 1.24. The summed E-state index contributed by atoms with van der Waals surface area (Å²) < 4.78 is 5.25. The highest BCUT2D eigenvalue weighted by Crippen LogP contribution is 2.24. The predicted octanol–water partition coefficient (Wildman–Crippen LogP) is 2.82. The molecule has 98 valence electrons. The van der Waals surface area contributed by atoms with Crippen LogP contribution in [0.4, 0.5) is 0 Å². The van der Waals surface area contributed by atoms with Gasteiger partial charge in [0.15, 0.2) is 0 Å². The molecule has 0 aromatic carbocycles. The first-order valence-corrected chi connectivity index (χ1v) is 7.06. The minimum absolute atomic E-state index is 0.129. The van der Waals surface area contributed by atoms with E-state index in [1.165, 1.54) is 4.90 Å². The van der Waals surface area contributed by atoms with Crippen molar-refractivity contribution in [2.24, 2.45) is 0 Å². The summed E-state index contributed by atoms with van der Waals surface area (Å²) in [5, 5.41) is 12.4. The molecule has 1 aromatic rings. The van der Waals surface area contributed by atoms with Crippen molar-refractivity contribution in [2.75, 3.05) is 19.4 Å². The Morgan fingerprint density at radius 2 is 2.24 bits per heavy atom. The van der Waals surface area contributed by atoms with Crippen molar-refractivity contribution in [3.8, 4) is 0 Å². The fourth-order valence-electron chi connectivity index (χ4n) is 1.61. The van der Waals surface area contributed by atoms with Crippen molar-refractivity contribution >= 4 is 11.8 Å². The molecule has 17 heavy (non-hydrogen) atoms. The van der Waals surface area contributed by atoms with E-state index in [0.717, 1.165) is 30.8 Å². The lowest BCUT2D eigenvalue weighted by atomic mass is 9.96. The van der Waals surface area contributed by atoms with Crippen molar-refractivity contribution in [2.45, 2.75) is 43.5 Å². The van der Waals surface area contributed by atoms with E-state index < -0.39 is 0 Å². The van der Waals surface area contributed by atoms with Crippen LogP contribution < -0.4 is 5.32 Å². The lowest BCUT2D eigenvalue weighted by Gasteiger charge is -2.26. The van der Waals surface area contributed by atoms with Gasteiger partial charge in [-0.1, -0.05) is 6.42 Å². The molecule has 1 aromatic heterocycles. The second kappa shape index (κ2) is 7.09. The molecule has 1 atom stereocenters. The lowest BCUT2D eigenvalue weighted by Crippen LogP contribution is -2.43. The molecule has 0 radical (unpaired) electrons. The highest BCUT2D eigenvalue weighted by Gasteiger charge is 2.19. The smallest absolute Gasteiger partial charge is 0.114 e. The van der Waals surface area contributed by atoms with E-state index in [9.17, 15) is 5.11 Å². The standard InChI is InChI=1S/C13H23NO2S/c1-11-12(6-8-16-11)17-9-5-4-7-13(2,10-15)14-3/h6,8,14-15H,4-5,7,9-10H2,1-3H3. The van der Waals surface area contributed by atoms with E-state index in [1.54, 1.807) is 6.26 Å². The Morgan fingerprint density at radius 3 is 2.76 bits per heavy atom. The van der Waals surface area contributed by atoms with Crippen LogP contribution in [0.2, 0.25) is 0 Å². The summed E-state index contributed by atoms with van der Waals surface area (Å²) in [6.45, 7) is 4.24. The number of thioether (sulfide) groups is 1. The minimum Gasteiger partial charge on any atom is -0.468 e. The number of nitrogens with one attached hydrogen (secondary N) is 1. The zero-order valence-electron chi connectivity index (χ0n) is 11.0. The van der Waals surface area contributed by atoms with Gasteiger partial charge in [-0.2, -0.15) is 0 Å². The quantitative estimate of drug-likeness (QED) is 0.555. The number of hydrogen-bond acceptors (Lipinski definition) is 4. The summed E-state index contributed by atoms with van der Waals surface area (Å²) in [5.74, 6) is 2.11. The summed E-state index contributed by atoms with van der Waals surface area (Å²) >= 11 is 1.84. The molecule has 1 rings (SSSR count). The molecule has 1 heterocycles. The van der Waals surface area contributed by atoms with E-state index in [0.29, 0.717) is 0 Å². The summed E-state index contributed by atoms with van der Waals surface area (Å²) in [6, 6.07) is 2.02. The van der Waals surface area contributed by atoms with Gasteiger partial charge in [0.1, 0.15) is 5.76 Å². The van der Waals surface area contributed by atoms with E-state index in [-0.39, 0.29) is 12.1 Å². The van der Waals surface area contributed by atoms with Gasteiger partial charge in [0, 0.05) is 10.4 Å². The van der Waals surface area contributed by atoms with Crippen molar-refractivity contribution in [1.29, 1.82) is 0 Å². The molecule has 0 fully saturated rings. The average Bonchev–Trinajstić information content (AvgIpc) is 2.74. The Labute approximate surface area is 108 Å². The molecule has 0 bridgehead atoms. The van der Waals surface area contributed by atoms with Crippen molar-refractivity contribution in [1.82, 2.24) is 5.32 Å². The SMILES string of the molecule is CNC(C)(CO)CCCCSc1ccoc1C. The van der Waals surface area contributed by atoms with Gasteiger partial charge in [0.05, 0.1) is 12.9 Å². The van der Waals surface area contributed by atoms with Crippen LogP contribution in [0.25, 0.3) is 0 Å². The number of unbranched alkanes of at least 4 members (excludes halogenated alkanes) is 1. The van der Waals surface area contributed by atoms with Crippen LogP contribution in [-0.4, -0.2) is 30.1 Å². The molecule has 3 nitrogen and oxygen atoms in total. The van der Waals surface area contributed by atoms with Crippen molar-refractivity contribution in [3.63, 3.8) is 0 Å². The first kappa shape index (κ1) is 14.6. The van der Waals surface area contributed by atoms with Crippen LogP contribution in [-0.2, 0) is 0 Å². The van der Waals surface area contributed by atoms with Crippen LogP contribution >= 0.6 is 11.8 Å². The largest absolute Gasteiger partial charge is 0.468 e. The third kappa shape index (κ3) is 4.74. The van der Waals surface area contributed by atoms with E-state index in [4.69, 9.17) is 4.42 Å². The van der Waals surface area contributed by atoms with Gasteiger partial charge in [0.25, 0.3) is 0 Å². The summed E-state index contributed by atoms with van der Waals surface area (Å²) in [5.41, 5.74) is -0.129. The maximum Gasteiger partial charge on any atom is 0.114 e. The number of furan rings is 1. The van der Waals surface area contributed by atoms with Gasteiger partial charge >= 0.3 is 0 Å². The van der Waals surface area contributed by atoms with E-state index >= 15 is 0 Å². The summed E-state index contributed by atoms with van der Waals surface area (Å²) in [6.07, 6.45) is 5.03. The molecular weight excluding hydrogens is 234 g/mol. The van der Waals surface area contributed by atoms with Crippen molar-refractivity contribution < 1.29 is 9.52 Å². The lowest BCUT2D eigenvalue weighted by molar-refractivity contribution is 0.171. The second-order valence-corrected chi connectivity index (χ2v) is 5.75. The molecule has 0 spiro atoms. The first-order chi connectivity index (χ1) is 8.11. The topological polar surface area (TPSA) is 45.4 Å². The van der Waals surface area contributed by atoms with Gasteiger partial charge in [-0.05, 0) is 45.6 Å². The van der Waals surface area contributed by atoms with Gasteiger partial charge in [-0.15, -0.1) is 11.8 Å². The van der Waals surface area contributed by atoms with Crippen molar-refractivity contribution in [3.05, 3.63) is 18.1 Å². The number of hydrogen-bond donors (Lipinski definition) is 2. The Balaban J connectivity index is 2.15. The monoisotopic (exact) mass is 257 g/mol. The predicted molar refractivity (Wildman–Crippen MR) is 72.6 cm³/mol. The van der Waals surface area contributed by atoms with Crippen LogP contribution in [0, 0.1) is 6.92 Å². The number of likely N-dealkylation sites (N-methyl/N-ethyl adjacent to an activating group) is 1. The van der Waals surface area contributed by atoms with Crippen LogP contribution in [0.15, 0.2) is 21.6 Å². The molecule has 0 saturated carbocycles. The van der Waals surface area contributed by atoms with Gasteiger partial charge in [0.2, 0.25) is 0 Å². The third-order valence-electron chi connectivity index (χ3n) is 3.14. The highest BCUT2D eigenvalue weighted by atomic mass is 32.2. The van der Waals surface area contributed by atoms with Crippen LogP contribution in [0.1, 0.15) is 31.9 Å². The molecule has 0 amide bonds. The number of aliphatic hydroxyl groups excluding tert-OH is 1. The molecule has 2 N–H and O–H groups in total. The molecule has 0 aliphatic rings. The van der Waals surface area contributed by atoms with Crippen LogP contribution in [0.3, 0.4) is 0 Å². The van der Waals surface area contributed by atoms with Gasteiger partial charge in [-0.25, -0.2) is 0 Å². The number of aryl methyl sites for hydroxylation is 1. The Kier molecular flexibility index (Phi) is 6.09. The molecule has 0 aliphatic heterocycles. The zero-order chi connectivity index (χ0) is 12.7. The maximum absolute atomic E-state index is 9.25. The number of aliphatic hydroxyl groups is 1. The highest BCUT2D eigenvalue weighted by molar-refractivity contribution is 7.99. The van der Waals surface area contributed by atoms with E-state index in [1.807, 2.05) is 31.8 Å². The Bertz CT molecular complexity index is 321. The van der Waals surface area contributed by atoms with Gasteiger partial charge in [-0.3, -0.25) is 0 Å². The molecular formula is C13H23NO2S. The first-order valence-electron chi connectivity index (χ1n) is 6.08. The van der Waals surface area contributed by atoms with Crippen LogP contribution in [0.5, 0.6) is 0 Å². The Morgan fingerprint density at radius 1 is 1.47 bits per heavy atom. The van der Waals surface area contributed by atoms with Gasteiger partial charge < -0.3 is 14.8 Å². The molecule has 0 aliphatic carbocycles. The number of rotatable bonds is 8. The second-order valence-electron chi connectivity index (χ2n) is 4.62. The molecule has 1 unspecified atom stereocenters. The third-order valence-corrected chi connectivity index (χ3v) is 4.37. The Hall–Kier alpha value is -0.450. The minimum atomic E-state index is -0.129.